The van der Waals surface area contributed by atoms with Crippen molar-refractivity contribution in [2.45, 2.75) is 77.6 Å². The normalized spacial score (nSPS) is 10.8. The average molecular weight is 340 g/mol. The molecule has 0 N–H and O–H groups in total. The van der Waals surface area contributed by atoms with Crippen LogP contribution in [-0.2, 0) is 4.74 Å². The summed E-state index contributed by atoms with van der Waals surface area (Å²) in [6.07, 6.45) is 13.3. The minimum Gasteiger partial charge on any atom is -0.462 e. The zero-order chi connectivity index (χ0) is 17.6. The first-order valence-electron chi connectivity index (χ1n) is 9.27. The molecule has 0 aliphatic rings. The fourth-order valence-electron chi connectivity index (χ4n) is 2.66. The van der Waals surface area contributed by atoms with Crippen molar-refractivity contribution in [3.63, 3.8) is 0 Å². The number of carbonyl (C=O) groups excluding carboxylic acids is 1. The number of carbonyl (C=O) groups is 1. The lowest BCUT2D eigenvalue weighted by atomic mass is 10.1. The molecule has 1 aromatic rings. The number of hydrogen-bond acceptors (Lipinski definition) is 2. The molecule has 0 aliphatic heterocycles. The quantitative estimate of drug-likeness (QED) is 0.305. The van der Waals surface area contributed by atoms with Crippen molar-refractivity contribution in [1.82, 2.24) is 0 Å². The van der Waals surface area contributed by atoms with E-state index in [9.17, 15) is 13.6 Å². The fourth-order valence-corrected chi connectivity index (χ4v) is 2.66. The van der Waals surface area contributed by atoms with E-state index in [1.807, 2.05) is 0 Å². The van der Waals surface area contributed by atoms with Gasteiger partial charge in [0.15, 0.2) is 0 Å². The van der Waals surface area contributed by atoms with Crippen molar-refractivity contribution in [1.29, 1.82) is 0 Å². The number of esters is 1. The minimum atomic E-state index is -0.793. The standard InChI is InChI=1S/C20H30F2O2/c1-2-3-4-5-6-7-8-9-10-11-12-15-24-20(23)18-16-17(21)13-14-19(18)22/h13-14,16H,2-12,15H2,1H3. The lowest BCUT2D eigenvalue weighted by Crippen LogP contribution is -2.09. The predicted octanol–water partition coefficient (Wildman–Crippen LogP) is 6.43. The van der Waals surface area contributed by atoms with E-state index in [4.69, 9.17) is 4.74 Å². The van der Waals surface area contributed by atoms with Gasteiger partial charge in [-0.25, -0.2) is 13.6 Å². The zero-order valence-electron chi connectivity index (χ0n) is 14.8. The van der Waals surface area contributed by atoms with E-state index in [2.05, 4.69) is 6.92 Å². The van der Waals surface area contributed by atoms with Crippen molar-refractivity contribution in [3.05, 3.63) is 35.4 Å². The van der Waals surface area contributed by atoms with Gasteiger partial charge in [-0.2, -0.15) is 0 Å². The smallest absolute Gasteiger partial charge is 0.341 e. The number of benzene rings is 1. The molecule has 0 heterocycles. The Morgan fingerprint density at radius 3 is 2.00 bits per heavy atom. The Balaban J connectivity index is 1.98. The average Bonchev–Trinajstić information content (AvgIpc) is 2.57. The summed E-state index contributed by atoms with van der Waals surface area (Å²) in [5.41, 5.74) is -0.335. The van der Waals surface area contributed by atoms with Gasteiger partial charge in [-0.1, -0.05) is 71.1 Å². The summed E-state index contributed by atoms with van der Waals surface area (Å²) < 4.78 is 31.4. The molecule has 1 aromatic carbocycles. The van der Waals surface area contributed by atoms with Gasteiger partial charge in [0.05, 0.1) is 12.2 Å². The third-order valence-electron chi connectivity index (χ3n) is 4.13. The van der Waals surface area contributed by atoms with Crippen LogP contribution in [0.15, 0.2) is 18.2 Å². The zero-order valence-corrected chi connectivity index (χ0v) is 14.8. The Morgan fingerprint density at radius 1 is 0.875 bits per heavy atom. The molecule has 4 heteroatoms. The van der Waals surface area contributed by atoms with Gasteiger partial charge in [0.25, 0.3) is 0 Å². The molecule has 0 aliphatic carbocycles. The Kier molecular flexibility index (Phi) is 11.1. The Morgan fingerprint density at radius 2 is 1.42 bits per heavy atom. The van der Waals surface area contributed by atoms with Gasteiger partial charge in [0.1, 0.15) is 11.6 Å². The number of hydrogen-bond donors (Lipinski definition) is 0. The van der Waals surface area contributed by atoms with Crippen LogP contribution in [0.4, 0.5) is 8.78 Å². The second-order valence-corrected chi connectivity index (χ2v) is 6.30. The van der Waals surface area contributed by atoms with Gasteiger partial charge < -0.3 is 4.74 Å². The highest BCUT2D eigenvalue weighted by Crippen LogP contribution is 2.13. The third kappa shape index (κ3) is 8.99. The molecule has 0 bridgehead atoms. The first-order chi connectivity index (χ1) is 11.6. The molecule has 0 radical (unpaired) electrons. The van der Waals surface area contributed by atoms with Crippen molar-refractivity contribution >= 4 is 5.97 Å². The number of unbranched alkanes of at least 4 members (excludes halogenated alkanes) is 10. The molecule has 2 nitrogen and oxygen atoms in total. The maximum atomic E-state index is 13.4. The molecule has 0 saturated heterocycles. The molecule has 136 valence electrons. The van der Waals surface area contributed by atoms with E-state index in [0.29, 0.717) is 0 Å². The maximum Gasteiger partial charge on any atom is 0.341 e. The summed E-state index contributed by atoms with van der Waals surface area (Å²) >= 11 is 0. The van der Waals surface area contributed by atoms with Crippen molar-refractivity contribution in [2.75, 3.05) is 6.61 Å². The van der Waals surface area contributed by atoms with Gasteiger partial charge in [0, 0.05) is 0 Å². The van der Waals surface area contributed by atoms with Crippen LogP contribution >= 0.6 is 0 Å². The van der Waals surface area contributed by atoms with Crippen LogP contribution in [0.2, 0.25) is 0 Å². The maximum absolute atomic E-state index is 13.4. The summed E-state index contributed by atoms with van der Waals surface area (Å²) in [7, 11) is 0. The first kappa shape index (κ1) is 20.6. The van der Waals surface area contributed by atoms with E-state index in [1.165, 1.54) is 51.4 Å². The SMILES string of the molecule is CCCCCCCCCCCCCOC(=O)c1cc(F)ccc1F. The van der Waals surface area contributed by atoms with E-state index in [-0.39, 0.29) is 12.2 Å². The molecule has 0 spiro atoms. The molecule has 0 aromatic heterocycles. The van der Waals surface area contributed by atoms with Crippen LogP contribution in [0.3, 0.4) is 0 Å². The lowest BCUT2D eigenvalue weighted by molar-refractivity contribution is 0.0491. The van der Waals surface area contributed by atoms with Crippen molar-refractivity contribution < 1.29 is 18.3 Å². The van der Waals surface area contributed by atoms with Crippen LogP contribution in [-0.4, -0.2) is 12.6 Å². The monoisotopic (exact) mass is 340 g/mol. The Labute approximate surface area is 144 Å². The molecule has 0 amide bonds. The van der Waals surface area contributed by atoms with Gasteiger partial charge >= 0.3 is 5.97 Å². The molecule has 0 unspecified atom stereocenters. The number of rotatable bonds is 13. The highest BCUT2D eigenvalue weighted by Gasteiger charge is 2.13. The van der Waals surface area contributed by atoms with Crippen molar-refractivity contribution in [3.8, 4) is 0 Å². The molecular formula is C20H30F2O2. The van der Waals surface area contributed by atoms with Crippen LogP contribution in [0, 0.1) is 11.6 Å². The largest absolute Gasteiger partial charge is 0.462 e. The molecule has 24 heavy (non-hydrogen) atoms. The second-order valence-electron chi connectivity index (χ2n) is 6.30. The summed E-state index contributed by atoms with van der Waals surface area (Å²) in [6, 6.07) is 2.79. The molecule has 1 rings (SSSR count). The van der Waals surface area contributed by atoms with Crippen LogP contribution < -0.4 is 0 Å². The Bertz CT molecular complexity index is 475. The molecular weight excluding hydrogens is 310 g/mol. The highest BCUT2D eigenvalue weighted by molar-refractivity contribution is 5.89. The number of halogens is 2. The van der Waals surface area contributed by atoms with E-state index < -0.39 is 17.6 Å². The third-order valence-corrected chi connectivity index (χ3v) is 4.13. The van der Waals surface area contributed by atoms with Crippen LogP contribution in [0.25, 0.3) is 0 Å². The van der Waals surface area contributed by atoms with Crippen molar-refractivity contribution in [2.24, 2.45) is 0 Å². The van der Waals surface area contributed by atoms with Gasteiger partial charge in [-0.3, -0.25) is 0 Å². The molecule has 0 atom stereocenters. The number of ether oxygens (including phenoxy) is 1. The van der Waals surface area contributed by atoms with Crippen LogP contribution in [0.1, 0.15) is 87.9 Å². The topological polar surface area (TPSA) is 26.3 Å². The van der Waals surface area contributed by atoms with E-state index in [1.54, 1.807) is 0 Å². The van der Waals surface area contributed by atoms with E-state index in [0.717, 1.165) is 37.5 Å². The van der Waals surface area contributed by atoms with Gasteiger partial charge in [0.2, 0.25) is 0 Å². The summed E-state index contributed by atoms with van der Waals surface area (Å²) in [6.45, 7) is 2.48. The molecule has 0 saturated carbocycles. The first-order valence-corrected chi connectivity index (χ1v) is 9.27. The minimum absolute atomic E-state index is 0.256. The lowest BCUT2D eigenvalue weighted by Gasteiger charge is -2.06. The summed E-state index contributed by atoms with van der Waals surface area (Å²) in [5, 5.41) is 0. The predicted molar refractivity (Wildman–Crippen MR) is 93.1 cm³/mol. The van der Waals surface area contributed by atoms with E-state index >= 15 is 0 Å². The van der Waals surface area contributed by atoms with Gasteiger partial charge in [-0.15, -0.1) is 0 Å². The van der Waals surface area contributed by atoms with Crippen LogP contribution in [0.5, 0.6) is 0 Å². The summed E-state index contributed by atoms with van der Waals surface area (Å²) in [5.74, 6) is -2.18. The molecule has 0 fully saturated rings. The van der Waals surface area contributed by atoms with Gasteiger partial charge in [-0.05, 0) is 24.6 Å². The fraction of sp³-hybridized carbons (Fsp3) is 0.650. The second kappa shape index (κ2) is 12.9. The Hall–Kier alpha value is -1.45. The highest BCUT2D eigenvalue weighted by atomic mass is 19.1. The summed E-state index contributed by atoms with van der Waals surface area (Å²) in [4.78, 5) is 11.7.